The topological polar surface area (TPSA) is 27.7 Å². The summed E-state index contributed by atoms with van der Waals surface area (Å²) >= 11 is 0. The van der Waals surface area contributed by atoms with Crippen LogP contribution in [-0.4, -0.2) is 30.1 Å². The van der Waals surface area contributed by atoms with Gasteiger partial charge in [0.1, 0.15) is 0 Å². The van der Waals surface area contributed by atoms with E-state index in [0.717, 1.165) is 0 Å². The Hall–Kier alpha value is 0.0969. The number of hydrogen-bond acceptors (Lipinski definition) is 3. The molecule has 25 heavy (non-hydrogen) atoms. The Kier molecular flexibility index (Phi) is 17.6. The Morgan fingerprint density at radius 1 is 0.520 bits per heavy atom. The van der Waals surface area contributed by atoms with E-state index < -0.39 is 8.80 Å². The summed E-state index contributed by atoms with van der Waals surface area (Å²) in [6, 6.07) is 0. The molecule has 0 aromatic carbocycles. The lowest BCUT2D eigenvalue weighted by atomic mass is 10.0. The van der Waals surface area contributed by atoms with Crippen molar-refractivity contribution in [2.24, 2.45) is 0 Å². The highest BCUT2D eigenvalue weighted by atomic mass is 28.4. The van der Waals surface area contributed by atoms with E-state index in [1.54, 1.807) is 21.3 Å². The van der Waals surface area contributed by atoms with Gasteiger partial charge in [-0.1, -0.05) is 97.3 Å². The normalized spacial score (nSPS) is 13.3. The summed E-state index contributed by atoms with van der Waals surface area (Å²) in [7, 11) is 2.78. The zero-order chi connectivity index (χ0) is 18.8. The SMILES string of the molecule is CCCCCCCCCCC(CCCCCCC)[Si](OC)(OC)OC. The minimum absolute atomic E-state index is 0.453. The highest BCUT2D eigenvalue weighted by Gasteiger charge is 2.46. The molecule has 0 radical (unpaired) electrons. The van der Waals surface area contributed by atoms with E-state index in [1.165, 1.54) is 96.3 Å². The third-order valence-electron chi connectivity index (χ3n) is 5.42. The largest absolute Gasteiger partial charge is 0.503 e. The molecule has 152 valence electrons. The highest BCUT2D eigenvalue weighted by Crippen LogP contribution is 2.34. The lowest BCUT2D eigenvalue weighted by molar-refractivity contribution is 0.107. The van der Waals surface area contributed by atoms with Crippen LogP contribution >= 0.6 is 0 Å². The molecule has 0 aliphatic heterocycles. The van der Waals surface area contributed by atoms with E-state index >= 15 is 0 Å². The second-order valence-electron chi connectivity index (χ2n) is 7.38. The minimum Gasteiger partial charge on any atom is -0.377 e. The Labute approximate surface area is 159 Å². The van der Waals surface area contributed by atoms with Gasteiger partial charge in [-0.2, -0.15) is 0 Å². The molecule has 0 saturated carbocycles. The Bertz CT molecular complexity index is 262. The van der Waals surface area contributed by atoms with Gasteiger partial charge in [0, 0.05) is 26.9 Å². The molecule has 0 amide bonds. The Morgan fingerprint density at radius 2 is 0.840 bits per heavy atom. The van der Waals surface area contributed by atoms with Crippen LogP contribution < -0.4 is 0 Å². The fourth-order valence-electron chi connectivity index (χ4n) is 3.77. The van der Waals surface area contributed by atoms with Crippen LogP contribution in [0.3, 0.4) is 0 Å². The maximum atomic E-state index is 5.79. The van der Waals surface area contributed by atoms with Crippen LogP contribution in [0.25, 0.3) is 0 Å². The number of hydrogen-bond donors (Lipinski definition) is 0. The molecule has 0 aliphatic carbocycles. The van der Waals surface area contributed by atoms with Gasteiger partial charge in [0.25, 0.3) is 0 Å². The van der Waals surface area contributed by atoms with Crippen molar-refractivity contribution >= 4 is 8.80 Å². The van der Waals surface area contributed by atoms with Crippen LogP contribution in [0, 0.1) is 0 Å². The molecular weight excluding hydrogens is 328 g/mol. The van der Waals surface area contributed by atoms with E-state index in [0.29, 0.717) is 5.54 Å². The van der Waals surface area contributed by atoms with Gasteiger partial charge in [0.15, 0.2) is 0 Å². The fraction of sp³-hybridized carbons (Fsp3) is 1.00. The lowest BCUT2D eigenvalue weighted by Crippen LogP contribution is -2.47. The molecule has 4 heteroatoms. The molecule has 1 unspecified atom stereocenters. The average Bonchev–Trinajstić information content (AvgIpc) is 2.64. The van der Waals surface area contributed by atoms with Crippen LogP contribution in [0.5, 0.6) is 0 Å². The van der Waals surface area contributed by atoms with Crippen molar-refractivity contribution in [3.8, 4) is 0 Å². The molecule has 0 heterocycles. The van der Waals surface area contributed by atoms with Gasteiger partial charge in [-0.05, 0) is 12.8 Å². The first-order valence-electron chi connectivity index (χ1n) is 10.9. The number of rotatable bonds is 19. The fourth-order valence-corrected chi connectivity index (χ4v) is 6.38. The summed E-state index contributed by atoms with van der Waals surface area (Å²) in [6.45, 7) is 4.55. The van der Waals surface area contributed by atoms with E-state index in [-0.39, 0.29) is 0 Å². The molecule has 0 rings (SSSR count). The minimum atomic E-state index is -2.50. The van der Waals surface area contributed by atoms with Crippen LogP contribution in [0.4, 0.5) is 0 Å². The van der Waals surface area contributed by atoms with Gasteiger partial charge >= 0.3 is 8.80 Å². The van der Waals surface area contributed by atoms with Crippen molar-refractivity contribution in [2.75, 3.05) is 21.3 Å². The molecule has 0 aromatic rings. The Morgan fingerprint density at radius 3 is 1.16 bits per heavy atom. The maximum absolute atomic E-state index is 5.79. The predicted molar refractivity (Wildman–Crippen MR) is 111 cm³/mol. The third-order valence-corrected chi connectivity index (χ3v) is 8.70. The van der Waals surface area contributed by atoms with Crippen LogP contribution in [0.2, 0.25) is 5.54 Å². The highest BCUT2D eigenvalue weighted by molar-refractivity contribution is 6.62. The molecule has 0 aromatic heterocycles. The van der Waals surface area contributed by atoms with Gasteiger partial charge in [0.2, 0.25) is 0 Å². The predicted octanol–water partition coefficient (Wildman–Crippen LogP) is 7.13. The standard InChI is InChI=1S/C21H46O3Si/c1-6-8-10-12-13-14-16-18-20-21(19-17-15-11-9-7-2)25(22-3,23-4)24-5/h21H,6-20H2,1-5H3. The molecule has 0 saturated heterocycles. The van der Waals surface area contributed by atoms with Crippen molar-refractivity contribution in [2.45, 2.75) is 116 Å². The summed E-state index contributed by atoms with van der Waals surface area (Å²) in [4.78, 5) is 0. The summed E-state index contributed by atoms with van der Waals surface area (Å²) in [6.07, 6.45) is 19.9. The van der Waals surface area contributed by atoms with Crippen molar-refractivity contribution in [3.63, 3.8) is 0 Å². The maximum Gasteiger partial charge on any atom is 0.503 e. The first kappa shape index (κ1) is 25.1. The second-order valence-corrected chi connectivity index (χ2v) is 10.6. The van der Waals surface area contributed by atoms with E-state index in [9.17, 15) is 0 Å². The summed E-state index contributed by atoms with van der Waals surface area (Å²) in [5.74, 6) is 0. The first-order valence-corrected chi connectivity index (χ1v) is 12.7. The van der Waals surface area contributed by atoms with Gasteiger partial charge in [0.05, 0.1) is 0 Å². The van der Waals surface area contributed by atoms with Gasteiger partial charge in [-0.3, -0.25) is 0 Å². The zero-order valence-corrected chi connectivity index (χ0v) is 18.9. The van der Waals surface area contributed by atoms with E-state index in [4.69, 9.17) is 13.3 Å². The second kappa shape index (κ2) is 17.5. The molecule has 0 bridgehead atoms. The smallest absolute Gasteiger partial charge is 0.377 e. The molecule has 0 spiro atoms. The van der Waals surface area contributed by atoms with Gasteiger partial charge in [-0.15, -0.1) is 0 Å². The molecule has 0 fully saturated rings. The zero-order valence-electron chi connectivity index (χ0n) is 17.9. The van der Waals surface area contributed by atoms with Crippen LogP contribution in [-0.2, 0) is 13.3 Å². The molecule has 3 nitrogen and oxygen atoms in total. The monoisotopic (exact) mass is 374 g/mol. The van der Waals surface area contributed by atoms with Crippen molar-refractivity contribution < 1.29 is 13.3 Å². The average molecular weight is 375 g/mol. The van der Waals surface area contributed by atoms with Crippen molar-refractivity contribution in [1.29, 1.82) is 0 Å². The lowest BCUT2D eigenvalue weighted by Gasteiger charge is -2.32. The molecular formula is C21H46O3Si. The molecule has 1 atom stereocenters. The van der Waals surface area contributed by atoms with E-state index in [1.807, 2.05) is 0 Å². The van der Waals surface area contributed by atoms with Crippen molar-refractivity contribution in [3.05, 3.63) is 0 Å². The van der Waals surface area contributed by atoms with E-state index in [2.05, 4.69) is 13.8 Å². The van der Waals surface area contributed by atoms with Gasteiger partial charge < -0.3 is 13.3 Å². The number of unbranched alkanes of at least 4 members (excludes halogenated alkanes) is 11. The Balaban J connectivity index is 4.20. The van der Waals surface area contributed by atoms with Crippen LogP contribution in [0.1, 0.15) is 110 Å². The van der Waals surface area contributed by atoms with Crippen molar-refractivity contribution in [1.82, 2.24) is 0 Å². The van der Waals surface area contributed by atoms with Crippen LogP contribution in [0.15, 0.2) is 0 Å². The first-order chi connectivity index (χ1) is 12.2. The van der Waals surface area contributed by atoms with Gasteiger partial charge in [-0.25, -0.2) is 0 Å². The summed E-state index contributed by atoms with van der Waals surface area (Å²) < 4.78 is 17.4. The quantitative estimate of drug-likeness (QED) is 0.178. The third kappa shape index (κ3) is 11.4. The summed E-state index contributed by atoms with van der Waals surface area (Å²) in [5.41, 5.74) is 0.453. The molecule has 0 aliphatic rings. The summed E-state index contributed by atoms with van der Waals surface area (Å²) in [5, 5.41) is 0. The molecule has 0 N–H and O–H groups in total.